The van der Waals surface area contributed by atoms with Crippen LogP contribution in [0.4, 0.5) is 18.3 Å². The van der Waals surface area contributed by atoms with Crippen molar-refractivity contribution >= 4 is 38.5 Å². The van der Waals surface area contributed by atoms with Crippen LogP contribution in [0, 0.1) is 0 Å². The molecule has 1 heterocycles. The van der Waals surface area contributed by atoms with Crippen molar-refractivity contribution in [2.24, 2.45) is 0 Å². The van der Waals surface area contributed by atoms with Crippen molar-refractivity contribution in [3.05, 3.63) is 17.2 Å². The molecule has 0 unspecified atom stereocenters. The van der Waals surface area contributed by atoms with Gasteiger partial charge in [-0.3, -0.25) is 4.72 Å². The highest BCUT2D eigenvalue weighted by Crippen LogP contribution is 2.23. The largest absolute Gasteiger partial charge is 0.478 e. The molecule has 11 heteroatoms. The van der Waals surface area contributed by atoms with Crippen molar-refractivity contribution in [3.8, 4) is 0 Å². The lowest BCUT2D eigenvalue weighted by atomic mass is 10.3. The fourth-order valence-electron chi connectivity index (χ4n) is 1.21. The molecule has 1 aromatic heterocycles. The number of alkyl halides is 3. The molecule has 1 aromatic rings. The van der Waals surface area contributed by atoms with E-state index in [0.717, 1.165) is 17.4 Å². The normalized spacial score (nSPS) is 12.7. The SMILES string of the molecule is O=C(O)/C=C/c1cnc(NS(=O)(=O)CCCC(F)(F)F)s1. The van der Waals surface area contributed by atoms with E-state index in [4.69, 9.17) is 5.11 Å². The number of hydrogen-bond acceptors (Lipinski definition) is 5. The number of sulfonamides is 1. The van der Waals surface area contributed by atoms with E-state index in [1.165, 1.54) is 12.3 Å². The zero-order valence-electron chi connectivity index (χ0n) is 10.4. The minimum atomic E-state index is -4.40. The van der Waals surface area contributed by atoms with Crippen LogP contribution in [0.25, 0.3) is 6.08 Å². The van der Waals surface area contributed by atoms with Gasteiger partial charge in [0.15, 0.2) is 5.13 Å². The predicted octanol–water partition coefficient (Wildman–Crippen LogP) is 2.33. The Balaban J connectivity index is 2.57. The molecule has 0 atom stereocenters. The number of halogens is 3. The van der Waals surface area contributed by atoms with Crippen molar-refractivity contribution in [1.82, 2.24) is 4.98 Å². The number of aliphatic carboxylic acids is 1. The summed E-state index contributed by atoms with van der Waals surface area (Å²) in [6.45, 7) is 0. The second-order valence-electron chi connectivity index (χ2n) is 3.88. The van der Waals surface area contributed by atoms with E-state index in [9.17, 15) is 26.4 Å². The third-order valence-electron chi connectivity index (χ3n) is 2.03. The van der Waals surface area contributed by atoms with Gasteiger partial charge in [-0.1, -0.05) is 11.3 Å². The smallest absolute Gasteiger partial charge is 0.389 e. The average molecular weight is 344 g/mol. The lowest BCUT2D eigenvalue weighted by Crippen LogP contribution is -2.18. The summed E-state index contributed by atoms with van der Waals surface area (Å²) in [5.74, 6) is -1.84. The third-order valence-corrected chi connectivity index (χ3v) is 4.37. The van der Waals surface area contributed by atoms with Gasteiger partial charge in [-0.15, -0.1) is 0 Å². The molecule has 0 spiro atoms. The molecule has 0 aromatic carbocycles. The number of carbonyl (C=O) groups is 1. The monoisotopic (exact) mass is 344 g/mol. The second-order valence-corrected chi connectivity index (χ2v) is 6.78. The first-order chi connectivity index (χ1) is 9.57. The number of nitrogens with one attached hydrogen (secondary N) is 1. The van der Waals surface area contributed by atoms with Gasteiger partial charge in [-0.25, -0.2) is 18.2 Å². The van der Waals surface area contributed by atoms with Crippen molar-refractivity contribution in [2.75, 3.05) is 10.5 Å². The molecule has 0 bridgehead atoms. The van der Waals surface area contributed by atoms with Gasteiger partial charge in [0.05, 0.1) is 5.75 Å². The van der Waals surface area contributed by atoms with E-state index < -0.39 is 40.8 Å². The molecule has 0 aliphatic rings. The Morgan fingerprint density at radius 3 is 2.71 bits per heavy atom. The van der Waals surface area contributed by atoms with Crippen molar-refractivity contribution in [2.45, 2.75) is 19.0 Å². The molecule has 21 heavy (non-hydrogen) atoms. The number of thiazole rings is 1. The van der Waals surface area contributed by atoms with Gasteiger partial charge in [0.1, 0.15) is 0 Å². The van der Waals surface area contributed by atoms with Crippen LogP contribution in [-0.2, 0) is 14.8 Å². The summed E-state index contributed by atoms with van der Waals surface area (Å²) in [5.41, 5.74) is 0. The zero-order valence-corrected chi connectivity index (χ0v) is 12.1. The van der Waals surface area contributed by atoms with Crippen molar-refractivity contribution in [1.29, 1.82) is 0 Å². The zero-order chi connectivity index (χ0) is 16.1. The Morgan fingerprint density at radius 2 is 2.14 bits per heavy atom. The van der Waals surface area contributed by atoms with Crippen LogP contribution in [0.15, 0.2) is 12.3 Å². The first-order valence-corrected chi connectivity index (χ1v) is 7.98. The Kier molecular flexibility index (Phi) is 5.72. The van der Waals surface area contributed by atoms with Crippen LogP contribution in [0.3, 0.4) is 0 Å². The molecule has 0 radical (unpaired) electrons. The van der Waals surface area contributed by atoms with E-state index in [1.54, 1.807) is 0 Å². The van der Waals surface area contributed by atoms with E-state index in [1.807, 2.05) is 4.72 Å². The topological polar surface area (TPSA) is 96.4 Å². The predicted molar refractivity (Wildman–Crippen MR) is 71.5 cm³/mol. The molecule has 0 saturated carbocycles. The van der Waals surface area contributed by atoms with Gasteiger partial charge in [0.25, 0.3) is 0 Å². The number of anilines is 1. The molecular formula is C10H11F3N2O4S2. The van der Waals surface area contributed by atoms with Crippen LogP contribution < -0.4 is 4.72 Å². The summed E-state index contributed by atoms with van der Waals surface area (Å²) in [7, 11) is -3.92. The molecule has 0 saturated heterocycles. The molecule has 0 aliphatic carbocycles. The number of hydrogen-bond donors (Lipinski definition) is 2. The van der Waals surface area contributed by atoms with Crippen LogP contribution in [0.1, 0.15) is 17.7 Å². The molecular weight excluding hydrogens is 333 g/mol. The summed E-state index contributed by atoms with van der Waals surface area (Å²) in [6, 6.07) is 0. The molecule has 2 N–H and O–H groups in total. The first kappa shape index (κ1) is 17.4. The fourth-order valence-corrected chi connectivity index (χ4v) is 3.27. The highest BCUT2D eigenvalue weighted by Gasteiger charge is 2.27. The third kappa shape index (κ3) is 7.66. The molecule has 0 amide bonds. The van der Waals surface area contributed by atoms with Crippen molar-refractivity contribution < 1.29 is 31.5 Å². The summed E-state index contributed by atoms with van der Waals surface area (Å²) < 4.78 is 60.9. The Bertz CT molecular complexity index is 622. The minimum Gasteiger partial charge on any atom is -0.478 e. The van der Waals surface area contributed by atoms with E-state index in [2.05, 4.69) is 4.98 Å². The highest BCUT2D eigenvalue weighted by atomic mass is 32.2. The quantitative estimate of drug-likeness (QED) is 0.740. The first-order valence-electron chi connectivity index (χ1n) is 5.51. The number of nitrogens with zero attached hydrogens (tertiary/aromatic N) is 1. The molecule has 6 nitrogen and oxygen atoms in total. The standard InChI is InChI=1S/C10H11F3N2O4S2/c11-10(12,13)4-1-5-21(18,19)15-9-14-6-7(20-9)2-3-8(16)17/h2-3,6H,1,4-5H2,(H,14,15)(H,16,17)/b3-2+. The Labute approximate surface area is 122 Å². The second kappa shape index (κ2) is 6.89. The van der Waals surface area contributed by atoms with Gasteiger partial charge in [-0.2, -0.15) is 13.2 Å². The van der Waals surface area contributed by atoms with Gasteiger partial charge >= 0.3 is 12.1 Å². The van der Waals surface area contributed by atoms with Crippen LogP contribution in [0.5, 0.6) is 0 Å². The van der Waals surface area contributed by atoms with Crippen molar-refractivity contribution in [3.63, 3.8) is 0 Å². The Hall–Kier alpha value is -1.62. The van der Waals surface area contributed by atoms with E-state index in [0.29, 0.717) is 4.88 Å². The van der Waals surface area contributed by atoms with Crippen LogP contribution in [0.2, 0.25) is 0 Å². The number of rotatable bonds is 7. The maximum Gasteiger partial charge on any atom is 0.389 e. The van der Waals surface area contributed by atoms with Gasteiger partial charge in [-0.05, 0) is 12.5 Å². The lowest BCUT2D eigenvalue weighted by Gasteiger charge is -2.07. The molecule has 0 fully saturated rings. The Morgan fingerprint density at radius 1 is 1.48 bits per heavy atom. The van der Waals surface area contributed by atoms with Crippen LogP contribution >= 0.6 is 11.3 Å². The van der Waals surface area contributed by atoms with Crippen LogP contribution in [-0.4, -0.2) is 36.4 Å². The maximum absolute atomic E-state index is 11.9. The maximum atomic E-state index is 11.9. The van der Waals surface area contributed by atoms with E-state index >= 15 is 0 Å². The average Bonchev–Trinajstić information content (AvgIpc) is 2.71. The summed E-state index contributed by atoms with van der Waals surface area (Å²) in [5, 5.41) is 8.39. The molecule has 1 rings (SSSR count). The van der Waals surface area contributed by atoms with Gasteiger partial charge in [0, 0.05) is 23.6 Å². The summed E-state index contributed by atoms with van der Waals surface area (Å²) in [4.78, 5) is 14.4. The number of carboxylic acid groups (broad SMARTS) is 1. The molecule has 118 valence electrons. The van der Waals surface area contributed by atoms with E-state index in [-0.39, 0.29) is 5.13 Å². The fraction of sp³-hybridized carbons (Fsp3) is 0.400. The number of carboxylic acids is 1. The highest BCUT2D eigenvalue weighted by molar-refractivity contribution is 7.92. The van der Waals surface area contributed by atoms with Gasteiger partial charge < -0.3 is 5.11 Å². The minimum absolute atomic E-state index is 0.0351. The summed E-state index contributed by atoms with van der Waals surface area (Å²) in [6.07, 6.45) is -2.80. The number of aromatic nitrogens is 1. The molecule has 0 aliphatic heterocycles. The summed E-state index contributed by atoms with van der Waals surface area (Å²) >= 11 is 0.867. The lowest BCUT2D eigenvalue weighted by molar-refractivity contribution is -0.134. The van der Waals surface area contributed by atoms with Gasteiger partial charge in [0.2, 0.25) is 10.0 Å².